The van der Waals surface area contributed by atoms with Crippen LogP contribution in [0.3, 0.4) is 0 Å². The molecule has 22 heavy (non-hydrogen) atoms. The topological polar surface area (TPSA) is 46.2 Å². The maximum absolute atomic E-state index is 12.4. The zero-order valence-electron chi connectivity index (χ0n) is 13.3. The molecule has 5 heteroatoms. The van der Waals surface area contributed by atoms with Crippen molar-refractivity contribution in [3.63, 3.8) is 0 Å². The first-order chi connectivity index (χ1) is 10.2. The molecule has 0 saturated heterocycles. The molecule has 0 bridgehead atoms. The molecule has 2 rings (SSSR count). The highest BCUT2D eigenvalue weighted by Crippen LogP contribution is 2.25. The van der Waals surface area contributed by atoms with E-state index < -0.39 is 10.0 Å². The van der Waals surface area contributed by atoms with Gasteiger partial charge in [0.1, 0.15) is 0 Å². The van der Waals surface area contributed by atoms with Crippen LogP contribution in [0.15, 0.2) is 58.3 Å². The maximum Gasteiger partial charge on any atom is 0.261 e. The predicted octanol–water partition coefficient (Wildman–Crippen LogP) is 4.51. The number of hydrogen-bond donors (Lipinski definition) is 1. The minimum Gasteiger partial charge on any atom is -0.280 e. The van der Waals surface area contributed by atoms with Crippen molar-refractivity contribution in [2.24, 2.45) is 0 Å². The molecule has 0 aliphatic carbocycles. The van der Waals surface area contributed by atoms with Gasteiger partial charge in [0.2, 0.25) is 0 Å². The van der Waals surface area contributed by atoms with Gasteiger partial charge in [0.15, 0.2) is 0 Å². The zero-order chi connectivity index (χ0) is 16.4. The minimum atomic E-state index is -3.55. The van der Waals surface area contributed by atoms with Crippen LogP contribution in [0.1, 0.15) is 26.3 Å². The first-order valence-corrected chi connectivity index (χ1v) is 9.70. The molecule has 0 heterocycles. The van der Waals surface area contributed by atoms with Gasteiger partial charge < -0.3 is 0 Å². The summed E-state index contributed by atoms with van der Waals surface area (Å²) in [6.45, 7) is 6.30. The number of sulfonamides is 1. The minimum absolute atomic E-state index is 0.00334. The molecule has 0 saturated carbocycles. The molecular weight excluding hydrogens is 314 g/mol. The summed E-state index contributed by atoms with van der Waals surface area (Å²) in [6, 6.07) is 14.4. The number of anilines is 1. The summed E-state index contributed by atoms with van der Waals surface area (Å²) in [5.74, 6) is 0. The number of rotatable bonds is 4. The Balaban J connectivity index is 2.22. The van der Waals surface area contributed by atoms with E-state index >= 15 is 0 Å². The molecule has 0 radical (unpaired) electrons. The van der Waals surface area contributed by atoms with Crippen LogP contribution in [0.25, 0.3) is 0 Å². The molecule has 0 aliphatic rings. The van der Waals surface area contributed by atoms with Crippen LogP contribution in [-0.4, -0.2) is 14.7 Å². The summed E-state index contributed by atoms with van der Waals surface area (Å²) >= 11 is 1.62. The highest BCUT2D eigenvalue weighted by Gasteiger charge is 2.17. The van der Waals surface area contributed by atoms with Gasteiger partial charge >= 0.3 is 0 Å². The molecule has 2 aromatic rings. The van der Waals surface area contributed by atoms with Crippen molar-refractivity contribution in [3.05, 3.63) is 54.1 Å². The molecule has 0 atom stereocenters. The third-order valence-corrected chi connectivity index (χ3v) is 5.51. The van der Waals surface area contributed by atoms with Crippen molar-refractivity contribution in [2.75, 3.05) is 11.0 Å². The third-order valence-electron chi connectivity index (χ3n) is 3.37. The fraction of sp³-hybridized carbons (Fsp3) is 0.294. The van der Waals surface area contributed by atoms with E-state index in [1.807, 2.05) is 30.5 Å². The van der Waals surface area contributed by atoms with Crippen LogP contribution >= 0.6 is 11.8 Å². The van der Waals surface area contributed by atoms with Crippen LogP contribution in [-0.2, 0) is 15.4 Å². The Morgan fingerprint density at radius 2 is 1.45 bits per heavy atom. The second-order valence-corrected chi connectivity index (χ2v) is 8.67. The molecule has 1 N–H and O–H groups in total. The largest absolute Gasteiger partial charge is 0.280 e. The summed E-state index contributed by atoms with van der Waals surface area (Å²) in [6.07, 6.45) is 1.98. The lowest BCUT2D eigenvalue weighted by atomic mass is 9.87. The van der Waals surface area contributed by atoms with Gasteiger partial charge in [0.25, 0.3) is 10.0 Å². The molecule has 2 aromatic carbocycles. The second-order valence-electron chi connectivity index (χ2n) is 6.11. The Bertz CT molecular complexity index is 728. The molecular formula is C17H21NO2S2. The van der Waals surface area contributed by atoms with E-state index in [2.05, 4.69) is 25.5 Å². The Kier molecular flexibility index (Phi) is 4.87. The Morgan fingerprint density at radius 3 is 1.91 bits per heavy atom. The summed E-state index contributed by atoms with van der Waals surface area (Å²) in [7, 11) is -3.55. The van der Waals surface area contributed by atoms with Gasteiger partial charge in [-0.1, -0.05) is 32.9 Å². The SMILES string of the molecule is CSc1ccc(NS(=O)(=O)c2ccc(C(C)(C)C)cc2)cc1. The van der Waals surface area contributed by atoms with Crippen molar-refractivity contribution in [2.45, 2.75) is 36.0 Å². The van der Waals surface area contributed by atoms with Crippen LogP contribution < -0.4 is 4.72 Å². The first kappa shape index (κ1) is 16.9. The fourth-order valence-corrected chi connectivity index (χ4v) is 3.47. The summed E-state index contributed by atoms with van der Waals surface area (Å²) in [5.41, 5.74) is 1.68. The Morgan fingerprint density at radius 1 is 0.909 bits per heavy atom. The third kappa shape index (κ3) is 4.05. The summed E-state index contributed by atoms with van der Waals surface area (Å²) in [5, 5.41) is 0. The molecule has 0 unspecified atom stereocenters. The number of nitrogens with one attached hydrogen (secondary N) is 1. The van der Waals surface area contributed by atoms with Crippen LogP contribution in [0.2, 0.25) is 0 Å². The van der Waals surface area contributed by atoms with E-state index in [1.165, 1.54) is 0 Å². The lowest BCUT2D eigenvalue weighted by molar-refractivity contribution is 0.587. The molecule has 0 aromatic heterocycles. The summed E-state index contributed by atoms with van der Waals surface area (Å²) < 4.78 is 27.4. The first-order valence-electron chi connectivity index (χ1n) is 7.00. The highest BCUT2D eigenvalue weighted by atomic mass is 32.2. The average Bonchev–Trinajstić information content (AvgIpc) is 2.47. The molecule has 3 nitrogen and oxygen atoms in total. The molecule has 0 amide bonds. The summed E-state index contributed by atoms with van der Waals surface area (Å²) in [4.78, 5) is 1.37. The van der Waals surface area contributed by atoms with Gasteiger partial charge in [-0.05, 0) is 53.6 Å². The van der Waals surface area contributed by atoms with E-state index in [4.69, 9.17) is 0 Å². The zero-order valence-corrected chi connectivity index (χ0v) is 14.9. The second kappa shape index (κ2) is 6.34. The highest BCUT2D eigenvalue weighted by molar-refractivity contribution is 7.98. The van der Waals surface area contributed by atoms with E-state index in [0.717, 1.165) is 10.5 Å². The van der Waals surface area contributed by atoms with Gasteiger partial charge in [-0.25, -0.2) is 8.42 Å². The normalized spacial score (nSPS) is 12.2. The van der Waals surface area contributed by atoms with E-state index in [1.54, 1.807) is 36.0 Å². The quantitative estimate of drug-likeness (QED) is 0.836. The Labute approximate surface area is 137 Å². The molecule has 118 valence electrons. The van der Waals surface area contributed by atoms with E-state index in [0.29, 0.717) is 5.69 Å². The van der Waals surface area contributed by atoms with Crippen LogP contribution in [0, 0.1) is 0 Å². The van der Waals surface area contributed by atoms with Gasteiger partial charge in [-0.15, -0.1) is 11.8 Å². The fourth-order valence-electron chi connectivity index (χ4n) is 2.01. The number of thioether (sulfide) groups is 1. The smallest absolute Gasteiger partial charge is 0.261 e. The monoisotopic (exact) mass is 335 g/mol. The molecule has 0 aliphatic heterocycles. The van der Waals surface area contributed by atoms with Gasteiger partial charge in [-0.2, -0.15) is 0 Å². The lowest BCUT2D eigenvalue weighted by Crippen LogP contribution is -2.14. The van der Waals surface area contributed by atoms with Crippen LogP contribution in [0.5, 0.6) is 0 Å². The average molecular weight is 335 g/mol. The van der Waals surface area contributed by atoms with E-state index in [-0.39, 0.29) is 10.3 Å². The van der Waals surface area contributed by atoms with Crippen molar-refractivity contribution in [3.8, 4) is 0 Å². The molecule has 0 fully saturated rings. The van der Waals surface area contributed by atoms with Gasteiger partial charge in [0.05, 0.1) is 4.90 Å². The molecule has 0 spiro atoms. The predicted molar refractivity (Wildman–Crippen MR) is 94.2 cm³/mol. The van der Waals surface area contributed by atoms with Crippen molar-refractivity contribution in [1.29, 1.82) is 0 Å². The van der Waals surface area contributed by atoms with Crippen molar-refractivity contribution >= 4 is 27.5 Å². The lowest BCUT2D eigenvalue weighted by Gasteiger charge is -2.19. The van der Waals surface area contributed by atoms with Crippen LogP contribution in [0.4, 0.5) is 5.69 Å². The van der Waals surface area contributed by atoms with Crippen molar-refractivity contribution in [1.82, 2.24) is 0 Å². The standard InChI is InChI=1S/C17H21NO2S2/c1-17(2,3)13-5-11-16(12-6-13)22(19,20)18-14-7-9-15(21-4)10-8-14/h5-12,18H,1-4H3. The van der Waals surface area contributed by atoms with Gasteiger partial charge in [-0.3, -0.25) is 4.72 Å². The number of benzene rings is 2. The van der Waals surface area contributed by atoms with Gasteiger partial charge in [0, 0.05) is 10.6 Å². The number of hydrogen-bond acceptors (Lipinski definition) is 3. The van der Waals surface area contributed by atoms with E-state index in [9.17, 15) is 8.42 Å². The Hall–Kier alpha value is -1.46. The maximum atomic E-state index is 12.4. The van der Waals surface area contributed by atoms with Crippen molar-refractivity contribution < 1.29 is 8.42 Å².